The highest BCUT2D eigenvalue weighted by Crippen LogP contribution is 2.22. The summed E-state index contributed by atoms with van der Waals surface area (Å²) < 4.78 is 48.4. The van der Waals surface area contributed by atoms with Crippen LogP contribution in [0.15, 0.2) is 28.0 Å². The zero-order valence-corrected chi connectivity index (χ0v) is 11.1. The Balaban J connectivity index is 3.45. The molecular formula is C9H14N2O4S2. The zero-order chi connectivity index (χ0) is 13.3. The van der Waals surface area contributed by atoms with E-state index in [1.807, 2.05) is 0 Å². The summed E-state index contributed by atoms with van der Waals surface area (Å²) in [6.45, 7) is 1.82. The molecule has 3 N–H and O–H groups in total. The minimum Gasteiger partial charge on any atom is -0.398 e. The molecule has 1 rings (SSSR count). The van der Waals surface area contributed by atoms with E-state index < -0.39 is 19.9 Å². The topological polar surface area (TPSA) is 106 Å². The Morgan fingerprint density at radius 2 is 1.82 bits per heavy atom. The molecule has 1 aromatic rings. The predicted octanol–water partition coefficient (Wildman–Crippen LogP) is -0.0295. The molecule has 17 heavy (non-hydrogen) atoms. The maximum absolute atomic E-state index is 11.7. The Morgan fingerprint density at radius 3 is 2.29 bits per heavy atom. The molecule has 0 spiro atoms. The van der Waals surface area contributed by atoms with Gasteiger partial charge in [0.25, 0.3) is 0 Å². The number of nitrogens with two attached hydrogens (primary N) is 1. The highest BCUT2D eigenvalue weighted by Gasteiger charge is 2.19. The fourth-order valence-electron chi connectivity index (χ4n) is 1.25. The molecule has 0 fully saturated rings. The molecule has 0 aliphatic rings. The van der Waals surface area contributed by atoms with Crippen LogP contribution in [0.3, 0.4) is 0 Å². The van der Waals surface area contributed by atoms with E-state index in [0.717, 1.165) is 12.3 Å². The quantitative estimate of drug-likeness (QED) is 0.752. The fourth-order valence-corrected chi connectivity index (χ4v) is 3.16. The van der Waals surface area contributed by atoms with Crippen molar-refractivity contribution >= 4 is 25.5 Å². The molecule has 0 heterocycles. The van der Waals surface area contributed by atoms with Crippen molar-refractivity contribution < 1.29 is 16.8 Å². The molecule has 0 saturated carbocycles. The van der Waals surface area contributed by atoms with Crippen molar-refractivity contribution in [2.75, 3.05) is 18.5 Å². The number of rotatable bonds is 4. The van der Waals surface area contributed by atoms with Crippen molar-refractivity contribution in [3.8, 4) is 0 Å². The average molecular weight is 278 g/mol. The number of nitrogens with one attached hydrogen (secondary N) is 1. The molecule has 1 aromatic carbocycles. The molecule has 0 amide bonds. The number of hydrogen-bond acceptors (Lipinski definition) is 5. The third kappa shape index (κ3) is 3.18. The summed E-state index contributed by atoms with van der Waals surface area (Å²) in [5.74, 6) is 0. The van der Waals surface area contributed by atoms with Crippen LogP contribution in [0.5, 0.6) is 0 Å². The Labute approximate surface area is 101 Å². The highest BCUT2D eigenvalue weighted by molar-refractivity contribution is 7.91. The second-order valence-corrected chi connectivity index (χ2v) is 7.22. The van der Waals surface area contributed by atoms with Gasteiger partial charge >= 0.3 is 0 Å². The van der Waals surface area contributed by atoms with E-state index in [0.29, 0.717) is 0 Å². The van der Waals surface area contributed by atoms with Crippen molar-refractivity contribution in [1.29, 1.82) is 0 Å². The van der Waals surface area contributed by atoms with Gasteiger partial charge in [-0.05, 0) is 18.2 Å². The van der Waals surface area contributed by atoms with Crippen LogP contribution in [0.1, 0.15) is 6.92 Å². The Hall–Kier alpha value is -1.12. The summed E-state index contributed by atoms with van der Waals surface area (Å²) in [4.78, 5) is -0.301. The summed E-state index contributed by atoms with van der Waals surface area (Å²) in [7, 11) is -7.23. The first-order valence-electron chi connectivity index (χ1n) is 4.77. The lowest BCUT2D eigenvalue weighted by atomic mass is 10.3. The van der Waals surface area contributed by atoms with Crippen LogP contribution in [0.2, 0.25) is 0 Å². The van der Waals surface area contributed by atoms with Crippen LogP contribution in [-0.4, -0.2) is 29.6 Å². The zero-order valence-electron chi connectivity index (χ0n) is 9.47. The molecule has 96 valence electrons. The minimum absolute atomic E-state index is 0.0124. The smallest absolute Gasteiger partial charge is 0.242 e. The van der Waals surface area contributed by atoms with Gasteiger partial charge in [-0.15, -0.1) is 0 Å². The lowest BCUT2D eigenvalue weighted by molar-refractivity contribution is 0.584. The third-order valence-electron chi connectivity index (χ3n) is 2.04. The van der Waals surface area contributed by atoms with Crippen LogP contribution in [-0.2, 0) is 19.9 Å². The summed E-state index contributed by atoms with van der Waals surface area (Å²) >= 11 is 0. The molecule has 0 saturated heterocycles. The molecule has 0 aromatic heterocycles. The second-order valence-electron chi connectivity index (χ2n) is 3.47. The van der Waals surface area contributed by atoms with Gasteiger partial charge in [0.05, 0.1) is 10.6 Å². The van der Waals surface area contributed by atoms with E-state index in [1.165, 1.54) is 12.1 Å². The normalized spacial score (nSPS) is 12.6. The van der Waals surface area contributed by atoms with Crippen molar-refractivity contribution in [3.63, 3.8) is 0 Å². The number of benzene rings is 1. The number of nitrogen functional groups attached to an aromatic ring is 1. The number of sulfonamides is 1. The summed E-state index contributed by atoms with van der Waals surface area (Å²) in [6, 6.07) is 3.60. The standard InChI is InChI=1S/C9H14N2O4S2/c1-3-11-17(14,15)9-6-7(16(2,12)13)4-5-8(9)10/h4-6,11H,3,10H2,1-2H3. The van der Waals surface area contributed by atoms with Gasteiger partial charge in [0, 0.05) is 12.8 Å². The Morgan fingerprint density at radius 1 is 1.24 bits per heavy atom. The first-order valence-corrected chi connectivity index (χ1v) is 8.15. The maximum Gasteiger partial charge on any atom is 0.242 e. The van der Waals surface area contributed by atoms with Gasteiger partial charge in [-0.1, -0.05) is 6.92 Å². The second kappa shape index (κ2) is 4.63. The van der Waals surface area contributed by atoms with E-state index in [2.05, 4.69) is 4.72 Å². The van der Waals surface area contributed by atoms with Gasteiger partial charge in [-0.2, -0.15) is 0 Å². The Bertz CT molecular complexity index is 620. The number of anilines is 1. The molecule has 0 aliphatic heterocycles. The van der Waals surface area contributed by atoms with E-state index in [9.17, 15) is 16.8 Å². The molecular weight excluding hydrogens is 264 g/mol. The lowest BCUT2D eigenvalue weighted by Gasteiger charge is -2.09. The molecule has 0 radical (unpaired) electrons. The molecule has 0 bridgehead atoms. The van der Waals surface area contributed by atoms with E-state index >= 15 is 0 Å². The maximum atomic E-state index is 11.7. The number of sulfone groups is 1. The van der Waals surface area contributed by atoms with Crippen molar-refractivity contribution in [2.45, 2.75) is 16.7 Å². The van der Waals surface area contributed by atoms with E-state index in [1.54, 1.807) is 6.92 Å². The van der Waals surface area contributed by atoms with Crippen molar-refractivity contribution in [1.82, 2.24) is 4.72 Å². The summed E-state index contributed by atoms with van der Waals surface area (Å²) in [5.41, 5.74) is 5.55. The van der Waals surface area contributed by atoms with Crippen LogP contribution >= 0.6 is 0 Å². The van der Waals surface area contributed by atoms with Gasteiger partial charge < -0.3 is 5.73 Å². The highest BCUT2D eigenvalue weighted by atomic mass is 32.2. The predicted molar refractivity (Wildman–Crippen MR) is 64.8 cm³/mol. The lowest BCUT2D eigenvalue weighted by Crippen LogP contribution is -2.24. The van der Waals surface area contributed by atoms with E-state index in [4.69, 9.17) is 5.73 Å². The van der Waals surface area contributed by atoms with Gasteiger partial charge in [-0.25, -0.2) is 21.6 Å². The fraction of sp³-hybridized carbons (Fsp3) is 0.333. The van der Waals surface area contributed by atoms with Crippen molar-refractivity contribution in [3.05, 3.63) is 18.2 Å². The van der Waals surface area contributed by atoms with Gasteiger partial charge in [0.15, 0.2) is 9.84 Å². The molecule has 0 aliphatic carbocycles. The number of hydrogen-bond donors (Lipinski definition) is 2. The average Bonchev–Trinajstić information content (AvgIpc) is 2.15. The SMILES string of the molecule is CCNS(=O)(=O)c1cc(S(C)(=O)=O)ccc1N. The van der Waals surface area contributed by atoms with Crippen LogP contribution in [0, 0.1) is 0 Å². The van der Waals surface area contributed by atoms with Crippen molar-refractivity contribution in [2.24, 2.45) is 0 Å². The van der Waals surface area contributed by atoms with Gasteiger partial charge in [0.2, 0.25) is 10.0 Å². The molecule has 0 unspecified atom stereocenters. The van der Waals surface area contributed by atoms with Crippen LogP contribution < -0.4 is 10.5 Å². The Kier molecular flexibility index (Phi) is 3.80. The molecule has 8 heteroatoms. The molecule has 6 nitrogen and oxygen atoms in total. The van der Waals surface area contributed by atoms with E-state index in [-0.39, 0.29) is 22.0 Å². The molecule has 0 atom stereocenters. The largest absolute Gasteiger partial charge is 0.398 e. The van der Waals surface area contributed by atoms with Gasteiger partial charge in [0.1, 0.15) is 4.90 Å². The minimum atomic E-state index is -3.76. The van der Waals surface area contributed by atoms with Gasteiger partial charge in [-0.3, -0.25) is 0 Å². The summed E-state index contributed by atoms with van der Waals surface area (Å²) in [5, 5.41) is 0. The monoisotopic (exact) mass is 278 g/mol. The first kappa shape index (κ1) is 13.9. The summed E-state index contributed by atoms with van der Waals surface area (Å²) in [6.07, 6.45) is 1.00. The third-order valence-corrected chi connectivity index (χ3v) is 4.75. The van der Waals surface area contributed by atoms with Crippen LogP contribution in [0.25, 0.3) is 0 Å². The first-order chi connectivity index (χ1) is 7.68. The van der Waals surface area contributed by atoms with Crippen LogP contribution in [0.4, 0.5) is 5.69 Å².